The van der Waals surface area contributed by atoms with E-state index in [1.54, 1.807) is 39.1 Å². The van der Waals surface area contributed by atoms with Gasteiger partial charge in [-0.3, -0.25) is 14.8 Å². The highest BCUT2D eigenvalue weighted by Gasteiger charge is 2.31. The second-order valence-corrected chi connectivity index (χ2v) is 11.1. The molecule has 0 bridgehead atoms. The normalized spacial score (nSPS) is 14.6. The predicted octanol–water partition coefficient (Wildman–Crippen LogP) is 3.03. The Morgan fingerprint density at radius 1 is 1.26 bits per heavy atom. The Morgan fingerprint density at radius 3 is 2.65 bits per heavy atom. The molecule has 1 N–H and O–H groups in total. The summed E-state index contributed by atoms with van der Waals surface area (Å²) in [5.74, 6) is -0.716. The maximum atomic E-state index is 13.2. The Bertz CT molecular complexity index is 1230. The molecule has 1 amide bonds. The molecule has 0 atom stereocenters. The lowest BCUT2D eigenvalue weighted by Crippen LogP contribution is -2.39. The van der Waals surface area contributed by atoms with E-state index in [4.69, 9.17) is 0 Å². The summed E-state index contributed by atoms with van der Waals surface area (Å²) in [6.07, 6.45) is 0.508. The van der Waals surface area contributed by atoms with Crippen LogP contribution < -0.4 is 5.32 Å². The number of carbonyl (C=O) groups is 1. The van der Waals surface area contributed by atoms with Crippen molar-refractivity contribution in [3.8, 4) is 11.3 Å². The van der Waals surface area contributed by atoms with Crippen LogP contribution in [0.25, 0.3) is 11.3 Å². The van der Waals surface area contributed by atoms with Gasteiger partial charge in [-0.1, -0.05) is 0 Å². The molecule has 1 aliphatic heterocycles. The second-order valence-electron chi connectivity index (χ2n) is 7.57. The number of amides is 1. The first-order valence-corrected chi connectivity index (χ1v) is 12.1. The fourth-order valence-corrected chi connectivity index (χ4v) is 5.70. The van der Waals surface area contributed by atoms with Gasteiger partial charge in [-0.2, -0.15) is 9.40 Å². The SMILES string of the molecule is CC(C)S(=O)(=O)N1CCc2nc(NC(=O)c3cc(-c4ccc(F)cc4)nn3C)sc2C1. The molecule has 3 heterocycles. The molecule has 0 aliphatic carbocycles. The fraction of sp³-hybridized carbons (Fsp3) is 0.350. The van der Waals surface area contributed by atoms with E-state index >= 15 is 0 Å². The topological polar surface area (TPSA) is 97.2 Å². The zero-order chi connectivity index (χ0) is 22.3. The first kappa shape index (κ1) is 21.6. The minimum atomic E-state index is -3.34. The van der Waals surface area contributed by atoms with Crippen LogP contribution in [0.5, 0.6) is 0 Å². The number of aromatic nitrogens is 3. The maximum Gasteiger partial charge on any atom is 0.275 e. The smallest absolute Gasteiger partial charge is 0.275 e. The number of anilines is 1. The zero-order valence-electron chi connectivity index (χ0n) is 17.3. The van der Waals surface area contributed by atoms with Crippen LogP contribution in [0.2, 0.25) is 0 Å². The first-order valence-electron chi connectivity index (χ1n) is 9.74. The summed E-state index contributed by atoms with van der Waals surface area (Å²) < 4.78 is 41.0. The van der Waals surface area contributed by atoms with E-state index < -0.39 is 15.3 Å². The molecule has 0 unspecified atom stereocenters. The molecule has 0 spiro atoms. The van der Waals surface area contributed by atoms with Crippen molar-refractivity contribution in [1.82, 2.24) is 19.1 Å². The van der Waals surface area contributed by atoms with Gasteiger partial charge in [0, 0.05) is 37.0 Å². The highest BCUT2D eigenvalue weighted by atomic mass is 32.2. The van der Waals surface area contributed by atoms with Crippen LogP contribution >= 0.6 is 11.3 Å². The van der Waals surface area contributed by atoms with E-state index in [0.29, 0.717) is 35.0 Å². The van der Waals surface area contributed by atoms with Crippen molar-refractivity contribution >= 4 is 32.4 Å². The third-order valence-corrected chi connectivity index (χ3v) is 8.35. The minimum Gasteiger partial charge on any atom is -0.296 e. The lowest BCUT2D eigenvalue weighted by Gasteiger charge is -2.26. The van der Waals surface area contributed by atoms with Gasteiger partial charge in [-0.15, -0.1) is 11.3 Å². The summed E-state index contributed by atoms with van der Waals surface area (Å²) >= 11 is 1.28. The molecule has 31 heavy (non-hydrogen) atoms. The quantitative estimate of drug-likeness (QED) is 0.627. The Labute approximate surface area is 183 Å². The highest BCUT2D eigenvalue weighted by molar-refractivity contribution is 7.89. The van der Waals surface area contributed by atoms with Gasteiger partial charge in [-0.25, -0.2) is 17.8 Å². The molecule has 11 heteroatoms. The Morgan fingerprint density at radius 2 is 1.97 bits per heavy atom. The van der Waals surface area contributed by atoms with Gasteiger partial charge >= 0.3 is 0 Å². The van der Waals surface area contributed by atoms with Crippen molar-refractivity contribution in [2.75, 3.05) is 11.9 Å². The lowest BCUT2D eigenvalue weighted by atomic mass is 10.1. The van der Waals surface area contributed by atoms with Crippen molar-refractivity contribution in [1.29, 1.82) is 0 Å². The van der Waals surface area contributed by atoms with Gasteiger partial charge in [0.2, 0.25) is 10.0 Å². The fourth-order valence-electron chi connectivity index (χ4n) is 3.34. The number of thiazole rings is 1. The van der Waals surface area contributed by atoms with Crippen molar-refractivity contribution in [3.05, 3.63) is 52.4 Å². The molecule has 2 aromatic heterocycles. The predicted molar refractivity (Wildman–Crippen MR) is 117 cm³/mol. The van der Waals surface area contributed by atoms with E-state index in [9.17, 15) is 17.6 Å². The van der Waals surface area contributed by atoms with Crippen LogP contribution in [0.4, 0.5) is 9.52 Å². The standard InChI is InChI=1S/C20H22FN5O3S2/c1-12(2)31(28,29)26-9-8-15-18(11-26)30-20(22-15)23-19(27)17-10-16(24-25(17)3)13-4-6-14(21)7-5-13/h4-7,10,12H,8-9,11H2,1-3H3,(H,22,23,27). The number of nitrogens with one attached hydrogen (secondary N) is 1. The van der Waals surface area contributed by atoms with Crippen molar-refractivity contribution < 1.29 is 17.6 Å². The Kier molecular flexibility index (Phi) is 5.67. The van der Waals surface area contributed by atoms with Gasteiger partial charge in [-0.05, 0) is 44.2 Å². The van der Waals surface area contributed by atoms with Gasteiger partial charge in [0.1, 0.15) is 11.5 Å². The monoisotopic (exact) mass is 463 g/mol. The highest BCUT2D eigenvalue weighted by Crippen LogP contribution is 2.30. The molecule has 3 aromatic rings. The average Bonchev–Trinajstić information content (AvgIpc) is 3.30. The van der Waals surface area contributed by atoms with Crippen LogP contribution in [0.3, 0.4) is 0 Å². The van der Waals surface area contributed by atoms with E-state index in [0.717, 1.165) is 10.6 Å². The van der Waals surface area contributed by atoms with Crippen molar-refractivity contribution in [2.45, 2.75) is 32.1 Å². The van der Waals surface area contributed by atoms with Gasteiger partial charge < -0.3 is 0 Å². The van der Waals surface area contributed by atoms with Gasteiger partial charge in [0.15, 0.2) is 5.13 Å². The number of rotatable bonds is 5. The number of nitrogens with zero attached hydrogens (tertiary/aromatic N) is 4. The van der Waals surface area contributed by atoms with E-state index in [-0.39, 0.29) is 18.3 Å². The number of aryl methyl sites for hydroxylation is 1. The van der Waals surface area contributed by atoms with Crippen molar-refractivity contribution in [2.24, 2.45) is 7.05 Å². The number of halogens is 1. The molecule has 1 aromatic carbocycles. The van der Waals surface area contributed by atoms with Crippen molar-refractivity contribution in [3.63, 3.8) is 0 Å². The summed E-state index contributed by atoms with van der Waals surface area (Å²) in [4.78, 5) is 18.1. The van der Waals surface area contributed by atoms with Crippen LogP contribution in [-0.4, -0.2) is 45.2 Å². The maximum absolute atomic E-state index is 13.2. The Hall–Kier alpha value is -2.63. The molecular weight excluding hydrogens is 441 g/mol. The third-order valence-electron chi connectivity index (χ3n) is 5.12. The average molecular weight is 464 g/mol. The number of fused-ring (bicyclic) bond motifs is 1. The van der Waals surface area contributed by atoms with Gasteiger partial charge in [0.05, 0.1) is 16.6 Å². The number of benzene rings is 1. The largest absolute Gasteiger partial charge is 0.296 e. The number of carbonyl (C=O) groups excluding carboxylic acids is 1. The Balaban J connectivity index is 1.51. The van der Waals surface area contributed by atoms with Crippen LogP contribution in [0.1, 0.15) is 34.9 Å². The van der Waals surface area contributed by atoms with Crippen LogP contribution in [-0.2, 0) is 30.0 Å². The van der Waals surface area contributed by atoms with E-state index in [1.165, 1.54) is 32.5 Å². The third kappa shape index (κ3) is 4.25. The molecule has 0 saturated heterocycles. The first-order chi connectivity index (χ1) is 14.6. The van der Waals surface area contributed by atoms with E-state index in [2.05, 4.69) is 15.4 Å². The summed E-state index contributed by atoms with van der Waals surface area (Å²) in [5, 5.41) is 7.06. The molecule has 4 rings (SSSR count). The molecular formula is C20H22FN5O3S2. The number of sulfonamides is 1. The lowest BCUT2D eigenvalue weighted by molar-refractivity contribution is 0.101. The zero-order valence-corrected chi connectivity index (χ0v) is 18.9. The second kappa shape index (κ2) is 8.13. The molecule has 164 valence electrons. The molecule has 0 fully saturated rings. The van der Waals surface area contributed by atoms with Gasteiger partial charge in [0.25, 0.3) is 5.91 Å². The van der Waals surface area contributed by atoms with E-state index in [1.807, 2.05) is 0 Å². The molecule has 0 saturated carbocycles. The molecule has 0 radical (unpaired) electrons. The summed E-state index contributed by atoms with van der Waals surface area (Å²) in [6.45, 7) is 3.98. The molecule has 1 aliphatic rings. The minimum absolute atomic E-state index is 0.268. The number of hydrogen-bond acceptors (Lipinski definition) is 6. The summed E-state index contributed by atoms with van der Waals surface area (Å²) in [5.41, 5.74) is 2.40. The summed E-state index contributed by atoms with van der Waals surface area (Å²) in [6, 6.07) is 7.52. The molecule has 8 nitrogen and oxygen atoms in total. The summed E-state index contributed by atoms with van der Waals surface area (Å²) in [7, 11) is -1.69. The van der Waals surface area contributed by atoms with Crippen LogP contribution in [0.15, 0.2) is 30.3 Å². The van der Waals surface area contributed by atoms with Crippen LogP contribution in [0, 0.1) is 5.82 Å². The number of hydrogen-bond donors (Lipinski definition) is 1.